The molecule has 3 heteroatoms. The largest absolute Gasteiger partial charge is 0.334 e. The smallest absolute Gasteiger partial charge is 0.130 e. The quantitative estimate of drug-likeness (QED) is 0.873. The number of aryl methyl sites for hydroxylation is 2. The predicted octanol–water partition coefficient (Wildman–Crippen LogP) is 2.52. The highest BCUT2D eigenvalue weighted by Crippen LogP contribution is 2.20. The van der Waals surface area contributed by atoms with Crippen LogP contribution in [0.15, 0.2) is 36.7 Å². The van der Waals surface area contributed by atoms with Crippen molar-refractivity contribution in [1.82, 2.24) is 14.9 Å². The van der Waals surface area contributed by atoms with Gasteiger partial charge in [0.25, 0.3) is 0 Å². The zero-order valence-corrected chi connectivity index (χ0v) is 10.6. The minimum atomic E-state index is 0.158. The lowest BCUT2D eigenvalue weighted by Crippen LogP contribution is -2.21. The minimum Gasteiger partial charge on any atom is -0.334 e. The number of hydrogen-bond donors (Lipinski definition) is 1. The molecule has 1 N–H and O–H groups in total. The van der Waals surface area contributed by atoms with Crippen molar-refractivity contribution in [2.24, 2.45) is 0 Å². The second-order valence-corrected chi connectivity index (χ2v) is 4.20. The standard InChI is InChI=1S/C14H19N3/c1-4-17-10-9-16-14(17)13(15-3)12-7-5-11(2)6-8-12/h5-10,13,15H,4H2,1-3H3. The summed E-state index contributed by atoms with van der Waals surface area (Å²) >= 11 is 0. The molecular formula is C14H19N3. The molecule has 1 atom stereocenters. The van der Waals surface area contributed by atoms with Crippen molar-refractivity contribution in [1.29, 1.82) is 0 Å². The highest BCUT2D eigenvalue weighted by atomic mass is 15.1. The molecule has 2 rings (SSSR count). The van der Waals surface area contributed by atoms with E-state index >= 15 is 0 Å². The molecule has 1 heterocycles. The summed E-state index contributed by atoms with van der Waals surface area (Å²) in [5.41, 5.74) is 2.53. The van der Waals surface area contributed by atoms with Gasteiger partial charge in [0.15, 0.2) is 0 Å². The number of nitrogens with one attached hydrogen (secondary N) is 1. The summed E-state index contributed by atoms with van der Waals surface area (Å²) in [6, 6.07) is 8.75. The molecule has 0 amide bonds. The van der Waals surface area contributed by atoms with Gasteiger partial charge in [-0.3, -0.25) is 0 Å². The maximum Gasteiger partial charge on any atom is 0.130 e. The maximum atomic E-state index is 4.46. The van der Waals surface area contributed by atoms with Crippen molar-refractivity contribution in [2.75, 3.05) is 7.05 Å². The fraction of sp³-hybridized carbons (Fsp3) is 0.357. The first-order chi connectivity index (χ1) is 8.26. The van der Waals surface area contributed by atoms with Crippen LogP contribution in [0.25, 0.3) is 0 Å². The average Bonchev–Trinajstić information content (AvgIpc) is 2.81. The molecule has 0 aliphatic carbocycles. The first kappa shape index (κ1) is 11.9. The normalized spacial score (nSPS) is 12.6. The Morgan fingerprint density at radius 3 is 2.59 bits per heavy atom. The highest BCUT2D eigenvalue weighted by Gasteiger charge is 2.16. The molecule has 0 saturated carbocycles. The first-order valence-corrected chi connectivity index (χ1v) is 6.01. The molecule has 0 saturated heterocycles. The third-order valence-corrected chi connectivity index (χ3v) is 3.05. The Morgan fingerprint density at radius 1 is 1.29 bits per heavy atom. The summed E-state index contributed by atoms with van der Waals surface area (Å²) in [4.78, 5) is 4.46. The number of rotatable bonds is 4. The number of benzene rings is 1. The Labute approximate surface area is 103 Å². The van der Waals surface area contributed by atoms with Crippen LogP contribution in [0.1, 0.15) is 29.9 Å². The van der Waals surface area contributed by atoms with Crippen molar-refractivity contribution in [3.05, 3.63) is 53.6 Å². The van der Waals surface area contributed by atoms with E-state index in [-0.39, 0.29) is 6.04 Å². The van der Waals surface area contributed by atoms with E-state index in [1.807, 2.05) is 19.4 Å². The van der Waals surface area contributed by atoms with Crippen molar-refractivity contribution < 1.29 is 0 Å². The Balaban J connectivity index is 2.36. The lowest BCUT2D eigenvalue weighted by molar-refractivity contribution is 0.590. The monoisotopic (exact) mass is 229 g/mol. The molecule has 2 aromatic rings. The molecule has 0 bridgehead atoms. The maximum absolute atomic E-state index is 4.46. The number of hydrogen-bond acceptors (Lipinski definition) is 2. The summed E-state index contributed by atoms with van der Waals surface area (Å²) in [5.74, 6) is 1.07. The van der Waals surface area contributed by atoms with Crippen LogP contribution < -0.4 is 5.32 Å². The molecule has 3 nitrogen and oxygen atoms in total. The summed E-state index contributed by atoms with van der Waals surface area (Å²) in [5, 5.41) is 3.33. The molecule has 17 heavy (non-hydrogen) atoms. The van der Waals surface area contributed by atoms with E-state index in [4.69, 9.17) is 0 Å². The van der Waals surface area contributed by atoms with Gasteiger partial charge in [0.05, 0.1) is 6.04 Å². The van der Waals surface area contributed by atoms with Gasteiger partial charge in [-0.1, -0.05) is 29.8 Å². The second-order valence-electron chi connectivity index (χ2n) is 4.20. The van der Waals surface area contributed by atoms with Crippen molar-refractivity contribution >= 4 is 0 Å². The Bertz CT molecular complexity index is 470. The van der Waals surface area contributed by atoms with Gasteiger partial charge in [-0.2, -0.15) is 0 Å². The van der Waals surface area contributed by atoms with Crippen LogP contribution in [0.4, 0.5) is 0 Å². The second kappa shape index (κ2) is 5.15. The van der Waals surface area contributed by atoms with E-state index in [0.29, 0.717) is 0 Å². The van der Waals surface area contributed by atoms with E-state index < -0.39 is 0 Å². The molecule has 0 aliphatic rings. The third-order valence-electron chi connectivity index (χ3n) is 3.05. The Morgan fingerprint density at radius 2 is 2.00 bits per heavy atom. The van der Waals surface area contributed by atoms with E-state index in [2.05, 4.69) is 53.0 Å². The fourth-order valence-electron chi connectivity index (χ4n) is 2.05. The average molecular weight is 229 g/mol. The van der Waals surface area contributed by atoms with Gasteiger partial charge in [0.2, 0.25) is 0 Å². The molecular weight excluding hydrogens is 210 g/mol. The summed E-state index contributed by atoms with van der Waals surface area (Å²) in [6.07, 6.45) is 3.88. The first-order valence-electron chi connectivity index (χ1n) is 6.01. The molecule has 0 aliphatic heterocycles. The van der Waals surface area contributed by atoms with Gasteiger partial charge in [-0.15, -0.1) is 0 Å². The van der Waals surface area contributed by atoms with Crippen LogP contribution in [0.3, 0.4) is 0 Å². The van der Waals surface area contributed by atoms with Crippen molar-refractivity contribution in [2.45, 2.75) is 26.4 Å². The molecule has 1 aromatic carbocycles. The summed E-state index contributed by atoms with van der Waals surface area (Å²) < 4.78 is 2.17. The van der Waals surface area contributed by atoms with Gasteiger partial charge in [0, 0.05) is 18.9 Å². The van der Waals surface area contributed by atoms with Gasteiger partial charge >= 0.3 is 0 Å². The summed E-state index contributed by atoms with van der Waals surface area (Å²) in [7, 11) is 1.97. The highest BCUT2D eigenvalue weighted by molar-refractivity contribution is 5.28. The van der Waals surface area contributed by atoms with E-state index in [0.717, 1.165) is 12.4 Å². The third kappa shape index (κ3) is 2.39. The molecule has 0 radical (unpaired) electrons. The zero-order chi connectivity index (χ0) is 12.3. The number of nitrogens with zero attached hydrogens (tertiary/aromatic N) is 2. The molecule has 0 fully saturated rings. The lowest BCUT2D eigenvalue weighted by atomic mass is 10.0. The molecule has 90 valence electrons. The summed E-state index contributed by atoms with van der Waals surface area (Å²) in [6.45, 7) is 5.18. The van der Waals surface area contributed by atoms with Crippen molar-refractivity contribution in [3.8, 4) is 0 Å². The Kier molecular flexibility index (Phi) is 3.59. The van der Waals surface area contributed by atoms with Crippen LogP contribution in [-0.2, 0) is 6.54 Å². The lowest BCUT2D eigenvalue weighted by Gasteiger charge is -2.17. The molecule has 1 aromatic heterocycles. The van der Waals surface area contributed by atoms with E-state index in [9.17, 15) is 0 Å². The molecule has 1 unspecified atom stereocenters. The van der Waals surface area contributed by atoms with Crippen molar-refractivity contribution in [3.63, 3.8) is 0 Å². The van der Waals surface area contributed by atoms with Gasteiger partial charge in [-0.05, 0) is 26.5 Å². The zero-order valence-electron chi connectivity index (χ0n) is 10.6. The van der Waals surface area contributed by atoms with Crippen LogP contribution >= 0.6 is 0 Å². The van der Waals surface area contributed by atoms with Crippen LogP contribution in [0, 0.1) is 6.92 Å². The predicted molar refractivity (Wildman–Crippen MR) is 70.0 cm³/mol. The minimum absolute atomic E-state index is 0.158. The van der Waals surface area contributed by atoms with E-state index in [1.165, 1.54) is 11.1 Å². The van der Waals surface area contributed by atoms with Crippen LogP contribution in [-0.4, -0.2) is 16.6 Å². The van der Waals surface area contributed by atoms with Gasteiger partial charge < -0.3 is 9.88 Å². The van der Waals surface area contributed by atoms with E-state index in [1.54, 1.807) is 0 Å². The topological polar surface area (TPSA) is 29.9 Å². The molecule has 0 spiro atoms. The van der Waals surface area contributed by atoms with Crippen LogP contribution in [0.2, 0.25) is 0 Å². The SMILES string of the molecule is CCn1ccnc1C(NC)c1ccc(C)cc1. The fourth-order valence-corrected chi connectivity index (χ4v) is 2.05. The number of aromatic nitrogens is 2. The number of imidazole rings is 1. The van der Waals surface area contributed by atoms with Gasteiger partial charge in [0.1, 0.15) is 5.82 Å². The van der Waals surface area contributed by atoms with Crippen LogP contribution in [0.5, 0.6) is 0 Å². The van der Waals surface area contributed by atoms with Gasteiger partial charge in [-0.25, -0.2) is 4.98 Å². The Hall–Kier alpha value is -1.61.